The molecule has 37 heavy (non-hydrogen) atoms. The van der Waals surface area contributed by atoms with Crippen LogP contribution in [-0.4, -0.2) is 72.9 Å². The van der Waals surface area contributed by atoms with Gasteiger partial charge in [-0.15, -0.1) is 0 Å². The first kappa shape index (κ1) is 30.5. The van der Waals surface area contributed by atoms with E-state index in [1.54, 1.807) is 38.6 Å². The van der Waals surface area contributed by atoms with E-state index in [1.165, 1.54) is 13.3 Å². The number of nitrogens with zero attached hydrogens (tertiary/aromatic N) is 4. The Bertz CT molecular complexity index is 1070. The molecule has 0 spiro atoms. The maximum atomic E-state index is 12.3. The number of carbonyl (C=O) groups is 2. The smallest absolute Gasteiger partial charge is 0.461 e. The van der Waals surface area contributed by atoms with Gasteiger partial charge in [0, 0.05) is 0 Å². The first-order valence-electron chi connectivity index (χ1n) is 12.1. The Labute approximate surface area is 217 Å². The van der Waals surface area contributed by atoms with Crippen LogP contribution in [-0.2, 0) is 34.9 Å². The number of esters is 2. The molecule has 1 fully saturated rings. The summed E-state index contributed by atoms with van der Waals surface area (Å²) in [6.45, 7) is 10.5. The summed E-state index contributed by atoms with van der Waals surface area (Å²) in [5.41, 5.74) is 5.90. The summed E-state index contributed by atoms with van der Waals surface area (Å²) >= 11 is 0. The van der Waals surface area contributed by atoms with Crippen molar-refractivity contribution in [2.45, 2.75) is 97.3 Å². The van der Waals surface area contributed by atoms with Crippen LogP contribution >= 0.6 is 7.95 Å². The standard InChI is InChI=1S/C17H26N6O4P.C6H12O3/c1-11(7-23-9-21-13-14(18)19-8-20-15(13)23)26-10-28(25)22-17(2,3)16(24)27-12-5-4-6-12;1-4(2)9-6(8)5(3)7/h8-9,11-12H,4-7,10H2,1-3H3,(H,22,25)(H2,18,19,20);4-5,7H,1-3H3/q+1;. The number of rotatable bonds is 11. The zero-order valence-electron chi connectivity index (χ0n) is 22.2. The minimum Gasteiger partial charge on any atom is -0.461 e. The van der Waals surface area contributed by atoms with Gasteiger partial charge in [0.1, 0.15) is 24.1 Å². The highest BCUT2D eigenvalue weighted by molar-refractivity contribution is 7.42. The second-order valence-electron chi connectivity index (χ2n) is 9.67. The molecule has 13 nitrogen and oxygen atoms in total. The molecule has 1 aliphatic rings. The van der Waals surface area contributed by atoms with Crippen LogP contribution in [0, 0.1) is 0 Å². The SMILES string of the molecule is CC(C)OC(=O)C(C)O.CC(Cn1cnc2c(N)ncnc21)OC[P+](=O)NC(C)(C)C(=O)OC1CCC1. The van der Waals surface area contributed by atoms with Crippen molar-refractivity contribution in [1.29, 1.82) is 0 Å². The number of nitrogens with one attached hydrogen (secondary N) is 1. The molecule has 0 aliphatic heterocycles. The van der Waals surface area contributed by atoms with E-state index in [-0.39, 0.29) is 24.7 Å². The predicted octanol–water partition coefficient (Wildman–Crippen LogP) is 2.30. The van der Waals surface area contributed by atoms with Gasteiger partial charge in [-0.05, 0) is 65.4 Å². The fraction of sp³-hybridized carbons (Fsp3) is 0.696. The zero-order chi connectivity index (χ0) is 27.8. The molecule has 14 heteroatoms. The van der Waals surface area contributed by atoms with Crippen molar-refractivity contribution in [3.8, 4) is 0 Å². The number of aliphatic hydroxyl groups is 1. The first-order valence-corrected chi connectivity index (χ1v) is 13.6. The lowest BCUT2D eigenvalue weighted by molar-refractivity contribution is -0.159. The van der Waals surface area contributed by atoms with Gasteiger partial charge in [-0.2, -0.15) is 0 Å². The molecule has 0 bridgehead atoms. The lowest BCUT2D eigenvalue weighted by Gasteiger charge is -2.28. The molecule has 3 rings (SSSR count). The van der Waals surface area contributed by atoms with Crippen molar-refractivity contribution in [2.24, 2.45) is 0 Å². The number of hydrogen-bond donors (Lipinski definition) is 3. The van der Waals surface area contributed by atoms with E-state index in [9.17, 15) is 14.2 Å². The molecule has 0 aromatic carbocycles. The highest BCUT2D eigenvalue weighted by Crippen LogP contribution is 2.27. The number of aromatic nitrogens is 4. The van der Waals surface area contributed by atoms with E-state index in [0.717, 1.165) is 19.3 Å². The average Bonchev–Trinajstić information content (AvgIpc) is 3.18. The molecule has 0 radical (unpaired) electrons. The Kier molecular flexibility index (Phi) is 11.3. The summed E-state index contributed by atoms with van der Waals surface area (Å²) < 4.78 is 29.8. The number of imidazole rings is 1. The monoisotopic (exact) mass is 541 g/mol. The Morgan fingerprint density at radius 2 is 1.92 bits per heavy atom. The van der Waals surface area contributed by atoms with Crippen molar-refractivity contribution >= 4 is 36.9 Å². The highest BCUT2D eigenvalue weighted by atomic mass is 31.1. The topological polar surface area (TPSA) is 181 Å². The lowest BCUT2D eigenvalue weighted by Crippen LogP contribution is -2.46. The summed E-state index contributed by atoms with van der Waals surface area (Å²) in [6.07, 6.45) is 4.43. The third-order valence-electron chi connectivity index (χ3n) is 5.29. The molecule has 4 N–H and O–H groups in total. The van der Waals surface area contributed by atoms with E-state index in [4.69, 9.17) is 20.3 Å². The van der Waals surface area contributed by atoms with Crippen LogP contribution in [0.2, 0.25) is 0 Å². The van der Waals surface area contributed by atoms with Crippen LogP contribution in [0.5, 0.6) is 0 Å². The predicted molar refractivity (Wildman–Crippen MR) is 137 cm³/mol. The van der Waals surface area contributed by atoms with Crippen molar-refractivity contribution < 1.29 is 33.5 Å². The summed E-state index contributed by atoms with van der Waals surface area (Å²) in [7, 11) is -1.94. The molecular formula is C23H38N6O7P+. The molecule has 2 aromatic heterocycles. The Balaban J connectivity index is 0.000000458. The third kappa shape index (κ3) is 9.58. The van der Waals surface area contributed by atoms with Crippen LogP contribution < -0.4 is 10.8 Å². The number of nitrogen functional groups attached to an aromatic ring is 1. The van der Waals surface area contributed by atoms with Gasteiger partial charge in [0.25, 0.3) is 6.35 Å². The van der Waals surface area contributed by atoms with Crippen LogP contribution in [0.3, 0.4) is 0 Å². The molecule has 206 valence electrons. The fourth-order valence-electron chi connectivity index (χ4n) is 3.06. The van der Waals surface area contributed by atoms with Crippen LogP contribution in [0.15, 0.2) is 12.7 Å². The van der Waals surface area contributed by atoms with E-state index < -0.39 is 31.5 Å². The van der Waals surface area contributed by atoms with Gasteiger partial charge in [0.15, 0.2) is 17.0 Å². The van der Waals surface area contributed by atoms with Gasteiger partial charge in [-0.3, -0.25) is 0 Å². The molecule has 0 amide bonds. The molecular weight excluding hydrogens is 503 g/mol. The van der Waals surface area contributed by atoms with E-state index in [0.29, 0.717) is 23.5 Å². The minimum atomic E-state index is -1.94. The summed E-state index contributed by atoms with van der Waals surface area (Å²) in [5, 5.41) is 11.4. The van der Waals surface area contributed by atoms with Gasteiger partial charge >= 0.3 is 19.9 Å². The quantitative estimate of drug-likeness (QED) is 0.279. The van der Waals surface area contributed by atoms with Gasteiger partial charge in [0.05, 0.1) is 25.1 Å². The summed E-state index contributed by atoms with van der Waals surface area (Å²) in [6, 6.07) is 0. The number of carbonyl (C=O) groups excluding carboxylic acids is 2. The molecule has 1 aliphatic carbocycles. The van der Waals surface area contributed by atoms with Crippen molar-refractivity contribution in [1.82, 2.24) is 24.6 Å². The van der Waals surface area contributed by atoms with Crippen LogP contribution in [0.25, 0.3) is 11.2 Å². The molecule has 2 aromatic rings. The van der Waals surface area contributed by atoms with E-state index >= 15 is 0 Å². The second kappa shape index (κ2) is 13.7. The number of hydrogen-bond acceptors (Lipinski definition) is 11. The van der Waals surface area contributed by atoms with Gasteiger partial charge in [-0.1, -0.05) is 5.09 Å². The van der Waals surface area contributed by atoms with E-state index in [1.807, 2.05) is 6.92 Å². The molecule has 0 saturated heterocycles. The first-order chi connectivity index (χ1) is 17.3. The van der Waals surface area contributed by atoms with E-state index in [2.05, 4.69) is 24.8 Å². The molecule has 1 saturated carbocycles. The molecule has 3 unspecified atom stereocenters. The maximum Gasteiger partial charge on any atom is 0.461 e. The zero-order valence-corrected chi connectivity index (χ0v) is 23.1. The Morgan fingerprint density at radius 3 is 2.46 bits per heavy atom. The second-order valence-corrected chi connectivity index (χ2v) is 10.9. The fourth-order valence-corrected chi connectivity index (χ4v) is 4.23. The number of nitrogens with two attached hydrogens (primary N) is 1. The van der Waals surface area contributed by atoms with Crippen molar-refractivity contribution in [2.75, 3.05) is 12.1 Å². The Morgan fingerprint density at radius 1 is 1.24 bits per heavy atom. The highest BCUT2D eigenvalue weighted by Gasteiger charge is 2.39. The van der Waals surface area contributed by atoms with Gasteiger partial charge in [0.2, 0.25) is 0 Å². The largest absolute Gasteiger partial charge is 0.461 e. The van der Waals surface area contributed by atoms with Gasteiger partial charge in [-0.25, -0.2) is 24.5 Å². The number of anilines is 1. The normalized spacial score (nSPS) is 15.8. The number of fused-ring (bicyclic) bond motifs is 1. The number of aliphatic hydroxyl groups excluding tert-OH is 1. The van der Waals surface area contributed by atoms with Crippen molar-refractivity contribution in [3.05, 3.63) is 12.7 Å². The van der Waals surface area contributed by atoms with Crippen molar-refractivity contribution in [3.63, 3.8) is 0 Å². The van der Waals surface area contributed by atoms with Crippen LogP contribution in [0.4, 0.5) is 5.82 Å². The summed E-state index contributed by atoms with van der Waals surface area (Å²) in [5.74, 6) is -0.638. The Hall–Kier alpha value is -2.73. The average molecular weight is 542 g/mol. The maximum absolute atomic E-state index is 12.3. The minimum absolute atomic E-state index is 0.00873. The molecule has 3 atom stereocenters. The van der Waals surface area contributed by atoms with Gasteiger partial charge < -0.3 is 29.6 Å². The lowest BCUT2D eigenvalue weighted by atomic mass is 9.96. The summed E-state index contributed by atoms with van der Waals surface area (Å²) in [4.78, 5) is 35.0. The number of ether oxygens (including phenoxy) is 3. The third-order valence-corrected chi connectivity index (χ3v) is 6.49. The van der Waals surface area contributed by atoms with Crippen LogP contribution in [0.1, 0.15) is 60.8 Å². The molecule has 2 heterocycles.